The van der Waals surface area contributed by atoms with Gasteiger partial charge < -0.3 is 9.47 Å². The fraction of sp³-hybridized carbons (Fsp3) is 0.0625. The van der Waals surface area contributed by atoms with Gasteiger partial charge >= 0.3 is 0 Å². The topological polar surface area (TPSA) is 47.1 Å². The van der Waals surface area contributed by atoms with E-state index in [1.807, 2.05) is 48.5 Å². The second kappa shape index (κ2) is 4.93. The van der Waals surface area contributed by atoms with Gasteiger partial charge in [0, 0.05) is 21.8 Å². The largest absolute Gasteiger partial charge is 0.447 e. The quantitative estimate of drug-likeness (QED) is 0.754. The van der Waals surface area contributed by atoms with E-state index in [1.165, 1.54) is 0 Å². The van der Waals surface area contributed by atoms with Crippen LogP contribution in [0.2, 0.25) is 0 Å². The van der Waals surface area contributed by atoms with E-state index < -0.39 is 6.29 Å². The molecule has 0 amide bonds. The molecule has 3 aromatic rings. The van der Waals surface area contributed by atoms with Crippen molar-refractivity contribution in [3.63, 3.8) is 0 Å². The number of aromatic nitrogens is 2. The van der Waals surface area contributed by atoms with Crippen molar-refractivity contribution in [3.05, 3.63) is 64.8 Å². The molecule has 1 aliphatic heterocycles. The second-order valence-electron chi connectivity index (χ2n) is 4.69. The summed E-state index contributed by atoms with van der Waals surface area (Å²) in [6.07, 6.45) is 1.28. The van der Waals surface area contributed by atoms with Crippen molar-refractivity contribution in [3.8, 4) is 22.8 Å². The number of rotatable bonds is 2. The number of hydrogen-bond donors (Lipinski definition) is 1. The molecule has 104 valence electrons. The van der Waals surface area contributed by atoms with Crippen LogP contribution in [-0.4, -0.2) is 10.2 Å². The summed E-state index contributed by atoms with van der Waals surface area (Å²) in [7, 11) is 0. The molecule has 4 nitrogen and oxygen atoms in total. The third-order valence-electron chi connectivity index (χ3n) is 3.39. The minimum absolute atomic E-state index is 0.445. The lowest BCUT2D eigenvalue weighted by Crippen LogP contribution is -2.09. The Labute approximate surface area is 129 Å². The summed E-state index contributed by atoms with van der Waals surface area (Å²) in [6, 6.07) is 15.6. The molecule has 5 heteroatoms. The highest BCUT2D eigenvalue weighted by Crippen LogP contribution is 2.43. The van der Waals surface area contributed by atoms with Crippen molar-refractivity contribution in [2.75, 3.05) is 0 Å². The maximum atomic E-state index is 5.87. The molecule has 1 aliphatic rings. The summed E-state index contributed by atoms with van der Waals surface area (Å²) in [5.74, 6) is 1.53. The van der Waals surface area contributed by atoms with Crippen molar-refractivity contribution in [1.29, 1.82) is 0 Å². The number of para-hydroxylation sites is 2. The van der Waals surface area contributed by atoms with E-state index in [0.717, 1.165) is 32.8 Å². The molecule has 0 saturated carbocycles. The second-order valence-corrected chi connectivity index (χ2v) is 5.49. The summed E-state index contributed by atoms with van der Waals surface area (Å²) < 4.78 is 12.7. The zero-order valence-corrected chi connectivity index (χ0v) is 12.5. The Morgan fingerprint density at radius 2 is 1.71 bits per heavy atom. The molecule has 4 rings (SSSR count). The van der Waals surface area contributed by atoms with Gasteiger partial charge in [0.15, 0.2) is 11.5 Å². The van der Waals surface area contributed by atoms with Gasteiger partial charge in [-0.2, -0.15) is 5.10 Å². The molecule has 0 radical (unpaired) electrons. The third kappa shape index (κ3) is 2.10. The number of ether oxygens (including phenoxy) is 2. The van der Waals surface area contributed by atoms with Crippen LogP contribution < -0.4 is 9.47 Å². The Morgan fingerprint density at radius 1 is 0.952 bits per heavy atom. The monoisotopic (exact) mass is 342 g/mol. The molecule has 0 saturated heterocycles. The van der Waals surface area contributed by atoms with Gasteiger partial charge in [0.05, 0.1) is 5.69 Å². The molecule has 0 bridgehead atoms. The highest BCUT2D eigenvalue weighted by atomic mass is 79.9. The number of benzene rings is 2. The average molecular weight is 343 g/mol. The Hall–Kier alpha value is -2.27. The minimum atomic E-state index is -0.445. The van der Waals surface area contributed by atoms with Gasteiger partial charge in [-0.15, -0.1) is 0 Å². The molecule has 0 atom stereocenters. The first kappa shape index (κ1) is 12.5. The molecule has 1 N–H and O–H groups in total. The molecular formula is C16H11BrN2O2. The average Bonchev–Trinajstić information content (AvgIpc) is 3.16. The summed E-state index contributed by atoms with van der Waals surface area (Å²) >= 11 is 3.65. The van der Waals surface area contributed by atoms with Crippen LogP contribution in [0.1, 0.15) is 11.9 Å². The van der Waals surface area contributed by atoms with Gasteiger partial charge in [-0.25, -0.2) is 0 Å². The van der Waals surface area contributed by atoms with E-state index in [2.05, 4.69) is 26.1 Å². The van der Waals surface area contributed by atoms with Gasteiger partial charge in [-0.05, 0) is 34.1 Å². The van der Waals surface area contributed by atoms with E-state index in [9.17, 15) is 0 Å². The maximum absolute atomic E-state index is 5.87. The maximum Gasteiger partial charge on any atom is 0.269 e. The molecule has 1 aromatic heterocycles. The van der Waals surface area contributed by atoms with Crippen LogP contribution in [0.5, 0.6) is 11.5 Å². The molecule has 0 unspecified atom stereocenters. The molecule has 0 spiro atoms. The number of hydrogen-bond acceptors (Lipinski definition) is 3. The van der Waals surface area contributed by atoms with Crippen LogP contribution in [0, 0.1) is 0 Å². The molecule has 0 aliphatic carbocycles. The predicted octanol–water partition coefficient (Wildman–Crippen LogP) is 4.31. The minimum Gasteiger partial charge on any atom is -0.447 e. The lowest BCUT2D eigenvalue weighted by Gasteiger charge is -2.14. The SMILES string of the molecule is Brc1c(-c2ccn[nH]2)cccc1C1Oc2ccccc2O1. The van der Waals surface area contributed by atoms with Crippen LogP contribution in [0.3, 0.4) is 0 Å². The van der Waals surface area contributed by atoms with Crippen LogP contribution in [-0.2, 0) is 0 Å². The normalized spacial score (nSPS) is 13.6. The fourth-order valence-corrected chi connectivity index (χ4v) is 3.04. The number of halogens is 1. The van der Waals surface area contributed by atoms with Crippen molar-refractivity contribution >= 4 is 15.9 Å². The molecule has 0 fully saturated rings. The first-order chi connectivity index (χ1) is 10.3. The van der Waals surface area contributed by atoms with E-state index >= 15 is 0 Å². The van der Waals surface area contributed by atoms with Gasteiger partial charge in [-0.1, -0.05) is 30.3 Å². The highest BCUT2D eigenvalue weighted by Gasteiger charge is 2.27. The molecule has 21 heavy (non-hydrogen) atoms. The van der Waals surface area contributed by atoms with E-state index in [4.69, 9.17) is 9.47 Å². The summed E-state index contributed by atoms with van der Waals surface area (Å²) in [6.45, 7) is 0. The first-order valence-corrected chi connectivity index (χ1v) is 7.33. The molecule has 2 heterocycles. The number of H-pyrrole nitrogens is 1. The van der Waals surface area contributed by atoms with Gasteiger partial charge in [-0.3, -0.25) is 5.10 Å². The van der Waals surface area contributed by atoms with Gasteiger partial charge in [0.2, 0.25) is 0 Å². The summed E-state index contributed by atoms with van der Waals surface area (Å²) in [4.78, 5) is 0. The summed E-state index contributed by atoms with van der Waals surface area (Å²) in [5, 5.41) is 6.96. The smallest absolute Gasteiger partial charge is 0.269 e. The Balaban J connectivity index is 1.73. The predicted molar refractivity (Wildman–Crippen MR) is 82.2 cm³/mol. The number of fused-ring (bicyclic) bond motifs is 1. The van der Waals surface area contributed by atoms with E-state index in [1.54, 1.807) is 6.20 Å². The van der Waals surface area contributed by atoms with Crippen LogP contribution >= 0.6 is 15.9 Å². The third-order valence-corrected chi connectivity index (χ3v) is 4.28. The zero-order valence-electron chi connectivity index (χ0n) is 10.9. The number of nitrogens with zero attached hydrogens (tertiary/aromatic N) is 1. The van der Waals surface area contributed by atoms with E-state index in [-0.39, 0.29) is 0 Å². The van der Waals surface area contributed by atoms with Crippen LogP contribution in [0.25, 0.3) is 11.3 Å². The fourth-order valence-electron chi connectivity index (χ4n) is 2.37. The lowest BCUT2D eigenvalue weighted by atomic mass is 10.1. The number of nitrogens with one attached hydrogen (secondary N) is 1. The van der Waals surface area contributed by atoms with Crippen molar-refractivity contribution in [1.82, 2.24) is 10.2 Å². The van der Waals surface area contributed by atoms with Crippen LogP contribution in [0.4, 0.5) is 0 Å². The van der Waals surface area contributed by atoms with Crippen molar-refractivity contribution in [2.45, 2.75) is 6.29 Å². The Bertz CT molecular complexity index is 762. The Morgan fingerprint density at radius 3 is 2.38 bits per heavy atom. The lowest BCUT2D eigenvalue weighted by molar-refractivity contribution is 0.0481. The summed E-state index contributed by atoms with van der Waals surface area (Å²) in [5.41, 5.74) is 2.91. The highest BCUT2D eigenvalue weighted by molar-refractivity contribution is 9.10. The standard InChI is InChI=1S/C16H11BrN2O2/c17-15-10(12-8-9-18-19-12)4-3-5-11(15)16-20-13-6-1-2-7-14(13)21-16/h1-9,16H,(H,18,19). The van der Waals surface area contributed by atoms with E-state index in [0.29, 0.717) is 0 Å². The molecular weight excluding hydrogens is 332 g/mol. The Kier molecular flexibility index (Phi) is 2.93. The van der Waals surface area contributed by atoms with Crippen molar-refractivity contribution in [2.24, 2.45) is 0 Å². The molecule has 2 aromatic carbocycles. The number of aromatic amines is 1. The first-order valence-electron chi connectivity index (χ1n) is 6.53. The van der Waals surface area contributed by atoms with Crippen LogP contribution in [0.15, 0.2) is 59.2 Å². The zero-order chi connectivity index (χ0) is 14.2. The van der Waals surface area contributed by atoms with Gasteiger partial charge in [0.1, 0.15) is 0 Å². The van der Waals surface area contributed by atoms with Crippen molar-refractivity contribution < 1.29 is 9.47 Å². The van der Waals surface area contributed by atoms with Gasteiger partial charge in [0.25, 0.3) is 6.29 Å².